The van der Waals surface area contributed by atoms with Crippen LogP contribution >= 0.6 is 0 Å². The van der Waals surface area contributed by atoms with Gasteiger partial charge in [0, 0.05) is 19.3 Å². The smallest absolute Gasteiger partial charge is 0.146 e. The Balaban J connectivity index is 2.23. The summed E-state index contributed by atoms with van der Waals surface area (Å²) in [5.41, 5.74) is 6.73. The first kappa shape index (κ1) is 12.8. The third-order valence-corrected chi connectivity index (χ3v) is 2.88. The molecule has 6 nitrogen and oxygen atoms in total. The summed E-state index contributed by atoms with van der Waals surface area (Å²) in [6, 6.07) is 0. The van der Waals surface area contributed by atoms with Crippen LogP contribution in [0.15, 0.2) is 12.5 Å². The van der Waals surface area contributed by atoms with Gasteiger partial charge in [-0.25, -0.2) is 14.6 Å². The molecule has 98 valence electrons. The van der Waals surface area contributed by atoms with Gasteiger partial charge in [-0.2, -0.15) is 5.10 Å². The minimum Gasteiger partial charge on any atom is -0.325 e. The van der Waals surface area contributed by atoms with Gasteiger partial charge in [0.25, 0.3) is 0 Å². The molecule has 0 amide bonds. The minimum atomic E-state index is 0.485. The van der Waals surface area contributed by atoms with Crippen LogP contribution in [0.4, 0.5) is 0 Å². The van der Waals surface area contributed by atoms with Gasteiger partial charge in [-0.3, -0.25) is 0 Å². The van der Waals surface area contributed by atoms with Crippen molar-refractivity contribution in [2.75, 3.05) is 0 Å². The topological polar surface area (TPSA) is 74.6 Å². The predicted molar refractivity (Wildman–Crippen MR) is 68.8 cm³/mol. The summed E-state index contributed by atoms with van der Waals surface area (Å²) < 4.78 is 4.03. The molecule has 0 aliphatic rings. The maximum Gasteiger partial charge on any atom is 0.146 e. The lowest BCUT2D eigenvalue weighted by atomic mass is 10.2. The second-order valence-corrected chi connectivity index (χ2v) is 4.84. The molecule has 0 atom stereocenters. The highest BCUT2D eigenvalue weighted by Gasteiger charge is 2.11. The van der Waals surface area contributed by atoms with Crippen LogP contribution in [0.3, 0.4) is 0 Å². The Bertz CT molecular complexity index is 510. The van der Waals surface area contributed by atoms with Crippen LogP contribution in [-0.4, -0.2) is 24.3 Å². The van der Waals surface area contributed by atoms with Crippen molar-refractivity contribution in [1.29, 1.82) is 0 Å². The SMILES string of the molecule is Cc1ncc(CN)n1Cc1ncnn1CC(C)C. The van der Waals surface area contributed by atoms with Crippen molar-refractivity contribution < 1.29 is 0 Å². The van der Waals surface area contributed by atoms with E-state index in [1.165, 1.54) is 0 Å². The van der Waals surface area contributed by atoms with Crippen LogP contribution in [0, 0.1) is 12.8 Å². The standard InChI is InChI=1S/C12H20N6/c1-9(2)6-18-12(15-8-16-18)7-17-10(3)14-5-11(17)4-13/h5,8-9H,4,6-7,13H2,1-3H3. The molecule has 18 heavy (non-hydrogen) atoms. The summed E-state index contributed by atoms with van der Waals surface area (Å²) in [5.74, 6) is 2.44. The minimum absolute atomic E-state index is 0.485. The van der Waals surface area contributed by atoms with Crippen LogP contribution in [-0.2, 0) is 19.6 Å². The van der Waals surface area contributed by atoms with Gasteiger partial charge in [-0.1, -0.05) is 13.8 Å². The Morgan fingerprint density at radius 2 is 2.11 bits per heavy atom. The Hall–Kier alpha value is -1.69. The van der Waals surface area contributed by atoms with Crippen molar-refractivity contribution in [2.24, 2.45) is 11.7 Å². The molecule has 0 aliphatic carbocycles. The number of imidazole rings is 1. The Morgan fingerprint density at radius 3 is 2.78 bits per heavy atom. The fraction of sp³-hybridized carbons (Fsp3) is 0.583. The highest BCUT2D eigenvalue weighted by molar-refractivity contribution is 5.06. The number of rotatable bonds is 5. The first-order valence-electron chi connectivity index (χ1n) is 6.19. The van der Waals surface area contributed by atoms with Crippen molar-refractivity contribution in [3.63, 3.8) is 0 Å². The summed E-state index contributed by atoms with van der Waals surface area (Å²) >= 11 is 0. The van der Waals surface area contributed by atoms with Gasteiger partial charge in [-0.05, 0) is 12.8 Å². The van der Waals surface area contributed by atoms with E-state index in [-0.39, 0.29) is 0 Å². The molecule has 2 aromatic rings. The maximum atomic E-state index is 5.71. The summed E-state index contributed by atoms with van der Waals surface area (Å²) in [5, 5.41) is 4.26. The predicted octanol–water partition coefficient (Wildman–Crippen LogP) is 0.946. The van der Waals surface area contributed by atoms with Crippen molar-refractivity contribution in [2.45, 2.75) is 40.4 Å². The highest BCUT2D eigenvalue weighted by atomic mass is 15.3. The van der Waals surface area contributed by atoms with Crippen molar-refractivity contribution in [3.8, 4) is 0 Å². The molecule has 6 heteroatoms. The molecule has 2 rings (SSSR count). The zero-order valence-corrected chi connectivity index (χ0v) is 11.2. The average Bonchev–Trinajstić information content (AvgIpc) is 2.88. The molecule has 0 bridgehead atoms. The second kappa shape index (κ2) is 5.30. The van der Waals surface area contributed by atoms with E-state index in [0.717, 1.165) is 23.9 Å². The summed E-state index contributed by atoms with van der Waals surface area (Å²) in [7, 11) is 0. The molecule has 2 aromatic heterocycles. The molecular formula is C12H20N6. The zero-order valence-electron chi connectivity index (χ0n) is 11.2. The second-order valence-electron chi connectivity index (χ2n) is 4.84. The van der Waals surface area contributed by atoms with Crippen molar-refractivity contribution >= 4 is 0 Å². The van der Waals surface area contributed by atoms with Gasteiger partial charge in [0.15, 0.2) is 0 Å². The molecule has 0 saturated heterocycles. The lowest BCUT2D eigenvalue weighted by Gasteiger charge is -2.11. The number of aromatic nitrogens is 5. The van der Waals surface area contributed by atoms with E-state index in [0.29, 0.717) is 19.0 Å². The summed E-state index contributed by atoms with van der Waals surface area (Å²) in [4.78, 5) is 8.61. The monoisotopic (exact) mass is 248 g/mol. The zero-order chi connectivity index (χ0) is 13.1. The van der Waals surface area contributed by atoms with E-state index in [1.54, 1.807) is 6.33 Å². The number of aryl methyl sites for hydroxylation is 1. The van der Waals surface area contributed by atoms with Crippen molar-refractivity contribution in [3.05, 3.63) is 29.9 Å². The average molecular weight is 248 g/mol. The quantitative estimate of drug-likeness (QED) is 0.854. The van der Waals surface area contributed by atoms with Crippen LogP contribution < -0.4 is 5.73 Å². The molecular weight excluding hydrogens is 228 g/mol. The molecule has 0 fully saturated rings. The third kappa shape index (κ3) is 2.59. The van der Waals surface area contributed by atoms with E-state index >= 15 is 0 Å². The van der Waals surface area contributed by atoms with E-state index in [9.17, 15) is 0 Å². The Labute approximate surface area is 107 Å². The number of hydrogen-bond acceptors (Lipinski definition) is 4. The van der Waals surface area contributed by atoms with Crippen LogP contribution in [0.5, 0.6) is 0 Å². The molecule has 0 radical (unpaired) electrons. The molecule has 2 heterocycles. The molecule has 0 aliphatic heterocycles. The van der Waals surface area contributed by atoms with E-state index in [2.05, 4.69) is 33.5 Å². The van der Waals surface area contributed by atoms with E-state index in [1.807, 2.05) is 17.8 Å². The fourth-order valence-electron chi connectivity index (χ4n) is 1.94. The van der Waals surface area contributed by atoms with Gasteiger partial charge in [0.05, 0.1) is 12.2 Å². The number of nitrogens with two attached hydrogens (primary N) is 1. The van der Waals surface area contributed by atoms with Gasteiger partial charge in [0.1, 0.15) is 18.0 Å². The molecule has 2 N–H and O–H groups in total. The third-order valence-electron chi connectivity index (χ3n) is 2.88. The summed E-state index contributed by atoms with van der Waals surface area (Å²) in [6.07, 6.45) is 3.42. The number of nitrogens with zero attached hydrogens (tertiary/aromatic N) is 5. The molecule has 0 saturated carbocycles. The highest BCUT2D eigenvalue weighted by Crippen LogP contribution is 2.09. The van der Waals surface area contributed by atoms with Gasteiger partial charge in [0.2, 0.25) is 0 Å². The number of hydrogen-bond donors (Lipinski definition) is 1. The van der Waals surface area contributed by atoms with Crippen LogP contribution in [0.2, 0.25) is 0 Å². The Kier molecular flexibility index (Phi) is 3.76. The lowest BCUT2D eigenvalue weighted by Crippen LogP contribution is -2.16. The molecule has 0 unspecified atom stereocenters. The Morgan fingerprint density at radius 1 is 1.33 bits per heavy atom. The molecule has 0 spiro atoms. The molecule has 0 aromatic carbocycles. The summed E-state index contributed by atoms with van der Waals surface area (Å²) in [6.45, 7) is 8.34. The van der Waals surface area contributed by atoms with Gasteiger partial charge < -0.3 is 10.3 Å². The van der Waals surface area contributed by atoms with Crippen LogP contribution in [0.25, 0.3) is 0 Å². The maximum absolute atomic E-state index is 5.71. The van der Waals surface area contributed by atoms with Crippen molar-refractivity contribution in [1.82, 2.24) is 24.3 Å². The first-order valence-corrected chi connectivity index (χ1v) is 6.19. The fourth-order valence-corrected chi connectivity index (χ4v) is 1.94. The largest absolute Gasteiger partial charge is 0.325 e. The normalized spacial score (nSPS) is 11.4. The first-order chi connectivity index (χ1) is 8.61. The van der Waals surface area contributed by atoms with Crippen LogP contribution in [0.1, 0.15) is 31.2 Å². The lowest BCUT2D eigenvalue weighted by molar-refractivity contribution is 0.458. The van der Waals surface area contributed by atoms with E-state index in [4.69, 9.17) is 5.73 Å². The van der Waals surface area contributed by atoms with Gasteiger partial charge >= 0.3 is 0 Å². The van der Waals surface area contributed by atoms with E-state index < -0.39 is 0 Å². The van der Waals surface area contributed by atoms with Gasteiger partial charge in [-0.15, -0.1) is 0 Å².